The van der Waals surface area contributed by atoms with E-state index in [1.165, 1.54) is 18.7 Å². The first-order chi connectivity index (χ1) is 8.50. The number of hydrogen-bond donors (Lipinski definition) is 1. The maximum absolute atomic E-state index is 10.5. The molecule has 0 aliphatic rings. The van der Waals surface area contributed by atoms with E-state index in [2.05, 4.69) is 24.1 Å². The molecule has 1 N–H and O–H groups in total. The van der Waals surface area contributed by atoms with Gasteiger partial charge in [0.15, 0.2) is 0 Å². The van der Waals surface area contributed by atoms with Crippen LogP contribution in [0.5, 0.6) is 0 Å². The second-order valence-corrected chi connectivity index (χ2v) is 5.00. The number of nitrogens with one attached hydrogen (secondary N) is 1. The third-order valence-corrected chi connectivity index (χ3v) is 2.83. The highest BCUT2D eigenvalue weighted by Gasteiger charge is 2.10. The first-order valence-electron chi connectivity index (χ1n) is 6.04. The highest BCUT2D eigenvalue weighted by Crippen LogP contribution is 2.23. The Morgan fingerprint density at radius 2 is 2.22 bits per heavy atom. The third-order valence-electron chi connectivity index (χ3n) is 2.54. The second kappa shape index (κ2) is 7.16. The van der Waals surface area contributed by atoms with Crippen LogP contribution in [0.1, 0.15) is 33.1 Å². The lowest BCUT2D eigenvalue weighted by molar-refractivity contribution is -0.385. The van der Waals surface area contributed by atoms with Gasteiger partial charge in [-0.05, 0) is 12.3 Å². The van der Waals surface area contributed by atoms with Gasteiger partial charge in [-0.1, -0.05) is 38.3 Å². The van der Waals surface area contributed by atoms with E-state index in [4.69, 9.17) is 11.6 Å². The van der Waals surface area contributed by atoms with Gasteiger partial charge in [0.1, 0.15) is 12.0 Å². The SMILES string of the molecule is CC(C)CCCCNc1ncc([N+](=O)[O-])cc1Cl. The molecular weight excluding hydrogens is 254 g/mol. The highest BCUT2D eigenvalue weighted by atomic mass is 35.5. The molecule has 0 bridgehead atoms. The van der Waals surface area contributed by atoms with Crippen LogP contribution in [0.25, 0.3) is 0 Å². The summed E-state index contributed by atoms with van der Waals surface area (Å²) in [6.45, 7) is 5.17. The summed E-state index contributed by atoms with van der Waals surface area (Å²) in [4.78, 5) is 14.0. The molecule has 0 saturated heterocycles. The van der Waals surface area contributed by atoms with E-state index in [1.54, 1.807) is 0 Å². The van der Waals surface area contributed by atoms with E-state index in [0.29, 0.717) is 11.7 Å². The fourth-order valence-corrected chi connectivity index (χ4v) is 1.77. The molecule has 1 aromatic heterocycles. The number of unbranched alkanes of at least 4 members (excludes halogenated alkanes) is 1. The predicted molar refractivity (Wildman–Crippen MR) is 73.1 cm³/mol. The quantitative estimate of drug-likeness (QED) is 0.464. The molecule has 18 heavy (non-hydrogen) atoms. The molecule has 0 spiro atoms. The summed E-state index contributed by atoms with van der Waals surface area (Å²) in [7, 11) is 0. The van der Waals surface area contributed by atoms with Gasteiger partial charge in [-0.25, -0.2) is 4.98 Å². The third kappa shape index (κ3) is 4.87. The molecular formula is C12H18ClN3O2. The van der Waals surface area contributed by atoms with Crippen LogP contribution in [0.15, 0.2) is 12.3 Å². The van der Waals surface area contributed by atoms with E-state index < -0.39 is 4.92 Å². The fourth-order valence-electron chi connectivity index (χ4n) is 1.54. The van der Waals surface area contributed by atoms with Gasteiger partial charge in [0, 0.05) is 12.6 Å². The zero-order chi connectivity index (χ0) is 13.5. The lowest BCUT2D eigenvalue weighted by atomic mass is 10.1. The van der Waals surface area contributed by atoms with E-state index in [-0.39, 0.29) is 10.7 Å². The Labute approximate surface area is 112 Å². The Morgan fingerprint density at radius 3 is 2.78 bits per heavy atom. The minimum Gasteiger partial charge on any atom is -0.369 e. The summed E-state index contributed by atoms with van der Waals surface area (Å²) in [6, 6.07) is 1.31. The van der Waals surface area contributed by atoms with Crippen molar-refractivity contribution >= 4 is 23.1 Å². The number of halogens is 1. The van der Waals surface area contributed by atoms with Crippen molar-refractivity contribution in [1.82, 2.24) is 4.98 Å². The lowest BCUT2D eigenvalue weighted by Crippen LogP contribution is -2.04. The number of pyridine rings is 1. The predicted octanol–water partition coefficient (Wildman–Crippen LogP) is 3.88. The molecule has 0 atom stereocenters. The lowest BCUT2D eigenvalue weighted by Gasteiger charge is -2.07. The topological polar surface area (TPSA) is 68.1 Å². The molecule has 0 radical (unpaired) electrons. The van der Waals surface area contributed by atoms with Crippen molar-refractivity contribution in [1.29, 1.82) is 0 Å². The normalized spacial score (nSPS) is 10.7. The number of aromatic nitrogens is 1. The minimum atomic E-state index is -0.509. The number of hydrogen-bond acceptors (Lipinski definition) is 4. The van der Waals surface area contributed by atoms with Crippen LogP contribution in [0.4, 0.5) is 11.5 Å². The maximum atomic E-state index is 10.5. The first kappa shape index (κ1) is 14.7. The van der Waals surface area contributed by atoms with Crippen molar-refractivity contribution in [2.75, 3.05) is 11.9 Å². The molecule has 5 nitrogen and oxygen atoms in total. The average molecular weight is 272 g/mol. The molecule has 0 aromatic carbocycles. The molecule has 0 aliphatic heterocycles. The van der Waals surface area contributed by atoms with Gasteiger partial charge in [-0.3, -0.25) is 10.1 Å². The van der Waals surface area contributed by atoms with Gasteiger partial charge in [-0.2, -0.15) is 0 Å². The summed E-state index contributed by atoms with van der Waals surface area (Å²) in [6.07, 6.45) is 4.59. The van der Waals surface area contributed by atoms with Crippen LogP contribution in [-0.2, 0) is 0 Å². The summed E-state index contributed by atoms with van der Waals surface area (Å²) >= 11 is 5.91. The maximum Gasteiger partial charge on any atom is 0.289 e. The van der Waals surface area contributed by atoms with Crippen molar-refractivity contribution in [3.63, 3.8) is 0 Å². The Balaban J connectivity index is 2.41. The summed E-state index contributed by atoms with van der Waals surface area (Å²) in [5.41, 5.74) is -0.0923. The largest absolute Gasteiger partial charge is 0.369 e. The Morgan fingerprint density at radius 1 is 1.50 bits per heavy atom. The van der Waals surface area contributed by atoms with E-state index in [9.17, 15) is 10.1 Å². The van der Waals surface area contributed by atoms with Crippen LogP contribution in [0, 0.1) is 16.0 Å². The van der Waals surface area contributed by atoms with Crippen LogP contribution >= 0.6 is 11.6 Å². The second-order valence-electron chi connectivity index (χ2n) is 4.60. The number of nitrogens with zero attached hydrogens (tertiary/aromatic N) is 2. The highest BCUT2D eigenvalue weighted by molar-refractivity contribution is 6.33. The molecule has 0 unspecified atom stereocenters. The zero-order valence-corrected chi connectivity index (χ0v) is 11.4. The van der Waals surface area contributed by atoms with Crippen molar-refractivity contribution in [2.45, 2.75) is 33.1 Å². The Kier molecular flexibility index (Phi) is 5.85. The van der Waals surface area contributed by atoms with E-state index >= 15 is 0 Å². The summed E-state index contributed by atoms with van der Waals surface area (Å²) < 4.78 is 0. The van der Waals surface area contributed by atoms with Crippen LogP contribution in [0.2, 0.25) is 5.02 Å². The molecule has 0 fully saturated rings. The molecule has 100 valence electrons. The first-order valence-corrected chi connectivity index (χ1v) is 6.42. The molecule has 6 heteroatoms. The Hall–Kier alpha value is -1.36. The zero-order valence-electron chi connectivity index (χ0n) is 10.6. The van der Waals surface area contributed by atoms with Crippen molar-refractivity contribution < 1.29 is 4.92 Å². The standard InChI is InChI=1S/C12H18ClN3O2/c1-9(2)5-3-4-6-14-12-11(13)7-10(8-15-12)16(17)18/h7-9H,3-6H2,1-2H3,(H,14,15). The molecule has 0 amide bonds. The number of nitro groups is 1. The summed E-state index contributed by atoms with van der Waals surface area (Å²) in [5.74, 6) is 1.22. The van der Waals surface area contributed by atoms with Gasteiger partial charge < -0.3 is 5.32 Å². The van der Waals surface area contributed by atoms with Crippen LogP contribution < -0.4 is 5.32 Å². The summed E-state index contributed by atoms with van der Waals surface area (Å²) in [5, 5.41) is 13.9. The molecule has 0 saturated carbocycles. The number of anilines is 1. The number of rotatable bonds is 7. The van der Waals surface area contributed by atoms with Crippen molar-refractivity contribution in [2.24, 2.45) is 5.92 Å². The van der Waals surface area contributed by atoms with Gasteiger partial charge in [0.05, 0.1) is 9.95 Å². The monoisotopic (exact) mass is 271 g/mol. The van der Waals surface area contributed by atoms with Gasteiger partial charge in [0.25, 0.3) is 5.69 Å². The fraction of sp³-hybridized carbons (Fsp3) is 0.583. The van der Waals surface area contributed by atoms with Gasteiger partial charge in [0.2, 0.25) is 0 Å². The van der Waals surface area contributed by atoms with Crippen molar-refractivity contribution in [3.8, 4) is 0 Å². The molecule has 0 aliphatic carbocycles. The average Bonchev–Trinajstić information content (AvgIpc) is 2.29. The minimum absolute atomic E-state index is 0.0923. The molecule has 1 aromatic rings. The molecule has 1 rings (SSSR count). The van der Waals surface area contributed by atoms with Crippen LogP contribution in [-0.4, -0.2) is 16.5 Å². The van der Waals surface area contributed by atoms with Crippen molar-refractivity contribution in [3.05, 3.63) is 27.4 Å². The smallest absolute Gasteiger partial charge is 0.289 e. The van der Waals surface area contributed by atoms with E-state index in [0.717, 1.165) is 19.4 Å². The van der Waals surface area contributed by atoms with E-state index in [1.807, 2.05) is 0 Å². The molecule has 1 heterocycles. The Bertz CT molecular complexity index is 410. The van der Waals surface area contributed by atoms with Gasteiger partial charge >= 0.3 is 0 Å². The van der Waals surface area contributed by atoms with Gasteiger partial charge in [-0.15, -0.1) is 0 Å². The van der Waals surface area contributed by atoms with Crippen LogP contribution in [0.3, 0.4) is 0 Å².